The van der Waals surface area contributed by atoms with Crippen LogP contribution in [0.3, 0.4) is 0 Å². The van der Waals surface area contributed by atoms with Gasteiger partial charge in [0.25, 0.3) is 5.91 Å². The van der Waals surface area contributed by atoms with E-state index in [4.69, 9.17) is 14.4 Å². The smallest absolute Gasteiger partial charge is 0.273 e. The highest BCUT2D eigenvalue weighted by molar-refractivity contribution is 5.93. The number of aromatic nitrogens is 3. The number of carbonyl (C=O) groups is 1. The highest BCUT2D eigenvalue weighted by Gasteiger charge is 2.18. The number of carbonyl (C=O) groups excluding carboxylic acids is 1. The van der Waals surface area contributed by atoms with Crippen LogP contribution >= 0.6 is 0 Å². The Balaban J connectivity index is 1.39. The summed E-state index contributed by atoms with van der Waals surface area (Å²) in [5.74, 6) is -0.135. The predicted octanol–water partition coefficient (Wildman–Crippen LogP) is 6.44. The molecule has 0 spiro atoms. The number of halogens is 1. The van der Waals surface area contributed by atoms with Gasteiger partial charge in [-0.2, -0.15) is 5.10 Å². The van der Waals surface area contributed by atoms with E-state index in [0.29, 0.717) is 29.2 Å². The summed E-state index contributed by atoms with van der Waals surface area (Å²) in [6, 6.07) is 25.4. The molecule has 1 amide bonds. The maximum Gasteiger partial charge on any atom is 0.273 e. The molecule has 2 heterocycles. The Morgan fingerprint density at radius 3 is 2.50 bits per heavy atom. The van der Waals surface area contributed by atoms with Gasteiger partial charge in [0.1, 0.15) is 0 Å². The zero-order valence-corrected chi connectivity index (χ0v) is 20.9. The van der Waals surface area contributed by atoms with Gasteiger partial charge in [-0.3, -0.25) is 4.79 Å². The van der Waals surface area contributed by atoms with E-state index in [0.717, 1.165) is 24.1 Å². The minimum atomic E-state index is -0.459. The van der Waals surface area contributed by atoms with Gasteiger partial charge in [-0.15, -0.1) is 0 Å². The van der Waals surface area contributed by atoms with Crippen LogP contribution in [0.25, 0.3) is 28.3 Å². The zero-order valence-electron chi connectivity index (χ0n) is 20.9. The second kappa shape index (κ2) is 11.6. The lowest BCUT2D eigenvalue weighted by Gasteiger charge is -2.08. The summed E-state index contributed by atoms with van der Waals surface area (Å²) in [5, 5.41) is 11.5. The molecule has 38 heavy (non-hydrogen) atoms. The minimum Gasteiger partial charge on any atom is -0.491 e. The van der Waals surface area contributed by atoms with Gasteiger partial charge in [-0.05, 0) is 36.8 Å². The summed E-state index contributed by atoms with van der Waals surface area (Å²) in [6.45, 7) is 2.67. The van der Waals surface area contributed by atoms with Crippen LogP contribution in [0.5, 0.6) is 5.75 Å². The molecule has 0 bridgehead atoms. The fraction of sp³-hybridized carbons (Fsp3) is 0.167. The first-order valence-corrected chi connectivity index (χ1v) is 12.5. The molecule has 5 rings (SSSR count). The molecule has 7 nitrogen and oxygen atoms in total. The minimum absolute atomic E-state index is 0.158. The summed E-state index contributed by atoms with van der Waals surface area (Å²) in [5.41, 5.74) is 3.69. The van der Waals surface area contributed by atoms with E-state index >= 15 is 0 Å². The average molecular weight is 511 g/mol. The summed E-state index contributed by atoms with van der Waals surface area (Å²) in [7, 11) is 0. The van der Waals surface area contributed by atoms with Gasteiger partial charge in [0, 0.05) is 35.5 Å². The van der Waals surface area contributed by atoms with E-state index in [1.165, 1.54) is 6.07 Å². The Morgan fingerprint density at radius 1 is 1.00 bits per heavy atom. The number of hydrogen-bond donors (Lipinski definition) is 1. The third kappa shape index (κ3) is 5.64. The molecule has 0 aliphatic rings. The normalized spacial score (nSPS) is 10.9. The van der Waals surface area contributed by atoms with Crippen molar-refractivity contribution in [2.75, 3.05) is 6.61 Å². The standard InChI is InChI=1S/C30H27FN4O3/c1-2-3-16-37-27-15-14-22(17-25(27)31)29-23(20-35(33-29)24-12-8-5-9-13-24)19-32-30(36)26-18-28(38-34-26)21-10-6-4-7-11-21/h4-15,17-18,20H,2-3,16,19H2,1H3,(H,32,36). The van der Waals surface area contributed by atoms with Crippen molar-refractivity contribution in [2.45, 2.75) is 26.3 Å². The molecule has 0 fully saturated rings. The van der Waals surface area contributed by atoms with Crippen molar-refractivity contribution in [2.24, 2.45) is 0 Å². The van der Waals surface area contributed by atoms with Gasteiger partial charge in [-0.25, -0.2) is 9.07 Å². The summed E-state index contributed by atoms with van der Waals surface area (Å²) < 4.78 is 27.5. The van der Waals surface area contributed by atoms with Crippen LogP contribution in [0.15, 0.2) is 95.6 Å². The molecule has 5 aromatic rings. The number of amides is 1. The maximum atomic E-state index is 14.9. The Kier molecular flexibility index (Phi) is 7.59. The molecule has 0 atom stereocenters. The fourth-order valence-corrected chi connectivity index (χ4v) is 3.97. The third-order valence-corrected chi connectivity index (χ3v) is 6.01. The Bertz CT molecular complexity index is 1510. The van der Waals surface area contributed by atoms with Crippen LogP contribution in [0.4, 0.5) is 4.39 Å². The van der Waals surface area contributed by atoms with Crippen molar-refractivity contribution in [3.05, 3.63) is 108 Å². The molecule has 3 aromatic carbocycles. The highest BCUT2D eigenvalue weighted by atomic mass is 19.1. The van der Waals surface area contributed by atoms with Crippen LogP contribution in [-0.2, 0) is 6.54 Å². The topological polar surface area (TPSA) is 82.2 Å². The van der Waals surface area contributed by atoms with Crippen molar-refractivity contribution < 1.29 is 18.4 Å². The second-order valence-corrected chi connectivity index (χ2v) is 8.76. The van der Waals surface area contributed by atoms with E-state index in [2.05, 4.69) is 17.4 Å². The Morgan fingerprint density at radius 2 is 1.76 bits per heavy atom. The lowest BCUT2D eigenvalue weighted by Crippen LogP contribution is -2.23. The van der Waals surface area contributed by atoms with Crippen molar-refractivity contribution in [1.82, 2.24) is 20.3 Å². The van der Waals surface area contributed by atoms with Crippen molar-refractivity contribution in [3.8, 4) is 34.0 Å². The summed E-state index contributed by atoms with van der Waals surface area (Å²) in [6.07, 6.45) is 3.64. The van der Waals surface area contributed by atoms with E-state index in [9.17, 15) is 9.18 Å². The molecule has 8 heteroatoms. The number of rotatable bonds is 10. The Labute approximate surface area is 219 Å². The van der Waals surface area contributed by atoms with Crippen LogP contribution in [0.1, 0.15) is 35.8 Å². The van der Waals surface area contributed by atoms with Gasteiger partial charge < -0.3 is 14.6 Å². The molecule has 0 aliphatic carbocycles. The number of unbranched alkanes of at least 4 members (excludes halogenated alkanes) is 1. The molecule has 0 saturated heterocycles. The van der Waals surface area contributed by atoms with E-state index in [1.54, 1.807) is 22.9 Å². The molecular weight excluding hydrogens is 483 g/mol. The average Bonchev–Trinajstić information content (AvgIpc) is 3.62. The Hall–Kier alpha value is -4.72. The lowest BCUT2D eigenvalue weighted by molar-refractivity contribution is 0.0942. The molecule has 1 N–H and O–H groups in total. The van der Waals surface area contributed by atoms with Gasteiger partial charge in [0.2, 0.25) is 0 Å². The largest absolute Gasteiger partial charge is 0.491 e. The summed E-state index contributed by atoms with van der Waals surface area (Å²) in [4.78, 5) is 12.9. The maximum absolute atomic E-state index is 14.9. The summed E-state index contributed by atoms with van der Waals surface area (Å²) >= 11 is 0. The molecule has 0 aliphatic heterocycles. The number of nitrogens with one attached hydrogen (secondary N) is 1. The molecule has 0 unspecified atom stereocenters. The third-order valence-electron chi connectivity index (χ3n) is 6.01. The molecular formula is C30H27FN4O3. The van der Waals surface area contributed by atoms with Gasteiger partial charge in [0.05, 0.1) is 18.0 Å². The fourth-order valence-electron chi connectivity index (χ4n) is 3.97. The zero-order chi connectivity index (χ0) is 26.3. The lowest BCUT2D eigenvalue weighted by atomic mass is 10.1. The van der Waals surface area contributed by atoms with Gasteiger partial charge in [-0.1, -0.05) is 67.0 Å². The molecule has 2 aromatic heterocycles. The first-order valence-electron chi connectivity index (χ1n) is 12.5. The van der Waals surface area contributed by atoms with Crippen molar-refractivity contribution >= 4 is 5.91 Å². The SMILES string of the molecule is CCCCOc1ccc(-c2nn(-c3ccccc3)cc2CNC(=O)c2cc(-c3ccccc3)on2)cc1F. The van der Waals surface area contributed by atoms with E-state index < -0.39 is 5.82 Å². The molecule has 192 valence electrons. The monoisotopic (exact) mass is 510 g/mol. The highest BCUT2D eigenvalue weighted by Crippen LogP contribution is 2.28. The van der Waals surface area contributed by atoms with Gasteiger partial charge in [0.15, 0.2) is 23.0 Å². The van der Waals surface area contributed by atoms with E-state index in [1.807, 2.05) is 66.9 Å². The first-order chi connectivity index (χ1) is 18.6. The van der Waals surface area contributed by atoms with E-state index in [-0.39, 0.29) is 23.9 Å². The number of ether oxygens (including phenoxy) is 1. The molecule has 0 radical (unpaired) electrons. The number of para-hydroxylation sites is 1. The van der Waals surface area contributed by atoms with Crippen LogP contribution in [-0.4, -0.2) is 27.5 Å². The van der Waals surface area contributed by atoms with Crippen LogP contribution in [0, 0.1) is 5.82 Å². The van der Waals surface area contributed by atoms with Crippen LogP contribution < -0.4 is 10.1 Å². The van der Waals surface area contributed by atoms with Crippen LogP contribution in [0.2, 0.25) is 0 Å². The number of benzene rings is 3. The number of hydrogen-bond acceptors (Lipinski definition) is 5. The quantitative estimate of drug-likeness (QED) is 0.219. The van der Waals surface area contributed by atoms with Crippen molar-refractivity contribution in [3.63, 3.8) is 0 Å². The molecule has 0 saturated carbocycles. The number of nitrogens with zero attached hydrogens (tertiary/aromatic N) is 3. The predicted molar refractivity (Wildman–Crippen MR) is 142 cm³/mol. The van der Waals surface area contributed by atoms with Crippen molar-refractivity contribution in [1.29, 1.82) is 0 Å². The second-order valence-electron chi connectivity index (χ2n) is 8.76. The first kappa shape index (κ1) is 25.0. The van der Waals surface area contributed by atoms with Gasteiger partial charge >= 0.3 is 0 Å².